The lowest BCUT2D eigenvalue weighted by Crippen LogP contribution is -2.47. The minimum absolute atomic E-state index is 0.452. The van der Waals surface area contributed by atoms with E-state index in [1.807, 2.05) is 12.1 Å². The number of esters is 2. The van der Waals surface area contributed by atoms with Crippen LogP contribution in [-0.2, 0) is 18.9 Å². The number of benzene rings is 2. The first kappa shape index (κ1) is 19.4. The van der Waals surface area contributed by atoms with Gasteiger partial charge in [-0.3, -0.25) is 0 Å². The third-order valence-corrected chi connectivity index (χ3v) is 4.81. The Balaban J connectivity index is 1.52. The van der Waals surface area contributed by atoms with Crippen molar-refractivity contribution in [2.75, 3.05) is 0 Å². The Kier molecular flexibility index (Phi) is 5.22. The molecule has 4 atom stereocenters. The Morgan fingerprint density at radius 3 is 1.48 bits per heavy atom. The maximum Gasteiger partial charge on any atom is 0.338 e. The van der Waals surface area contributed by atoms with Crippen LogP contribution in [0.15, 0.2) is 72.8 Å². The van der Waals surface area contributed by atoms with Crippen LogP contribution in [0.2, 0.25) is 0 Å². The molecule has 0 N–H and O–H groups in total. The fourth-order valence-electron chi connectivity index (χ4n) is 3.51. The summed E-state index contributed by atoms with van der Waals surface area (Å²) in [4.78, 5) is 24.9. The summed E-state index contributed by atoms with van der Waals surface area (Å²) in [6, 6.07) is 17.5. The first-order valence-electron chi connectivity index (χ1n) is 9.49. The first-order chi connectivity index (χ1) is 13.9. The van der Waals surface area contributed by atoms with Gasteiger partial charge in [-0.2, -0.15) is 0 Å². The number of rotatable bonds is 4. The van der Waals surface area contributed by atoms with Crippen LogP contribution in [0.4, 0.5) is 0 Å². The van der Waals surface area contributed by atoms with Crippen LogP contribution in [-0.4, -0.2) is 42.1 Å². The fourth-order valence-corrected chi connectivity index (χ4v) is 3.51. The molecule has 0 spiro atoms. The third-order valence-electron chi connectivity index (χ3n) is 4.81. The zero-order chi connectivity index (χ0) is 20.4. The quantitative estimate of drug-likeness (QED) is 0.584. The topological polar surface area (TPSA) is 71.1 Å². The average Bonchev–Trinajstić information content (AvgIpc) is 3.07. The number of fused-ring (bicyclic) bond motifs is 1. The Hall–Kier alpha value is -2.96. The van der Waals surface area contributed by atoms with E-state index < -0.39 is 42.1 Å². The third kappa shape index (κ3) is 4.23. The largest absolute Gasteiger partial charge is 0.452 e. The van der Waals surface area contributed by atoms with Gasteiger partial charge in [-0.15, -0.1) is 0 Å². The van der Waals surface area contributed by atoms with E-state index in [-0.39, 0.29) is 0 Å². The molecular formula is C23H22O6. The van der Waals surface area contributed by atoms with Gasteiger partial charge in [0.2, 0.25) is 0 Å². The molecule has 6 nitrogen and oxygen atoms in total. The van der Waals surface area contributed by atoms with Gasteiger partial charge in [-0.25, -0.2) is 9.59 Å². The van der Waals surface area contributed by atoms with Crippen molar-refractivity contribution in [1.82, 2.24) is 0 Å². The van der Waals surface area contributed by atoms with E-state index in [1.54, 1.807) is 74.5 Å². The monoisotopic (exact) mass is 394 g/mol. The summed E-state index contributed by atoms with van der Waals surface area (Å²) >= 11 is 0. The highest BCUT2D eigenvalue weighted by atomic mass is 16.8. The van der Waals surface area contributed by atoms with Gasteiger partial charge in [-0.1, -0.05) is 36.4 Å². The summed E-state index contributed by atoms with van der Waals surface area (Å²) in [5, 5.41) is 0. The molecule has 6 heteroatoms. The van der Waals surface area contributed by atoms with Gasteiger partial charge in [0.15, 0.2) is 5.79 Å². The van der Waals surface area contributed by atoms with E-state index in [0.717, 1.165) is 0 Å². The van der Waals surface area contributed by atoms with Crippen LogP contribution >= 0.6 is 0 Å². The molecule has 4 rings (SSSR count). The minimum Gasteiger partial charge on any atom is -0.452 e. The van der Waals surface area contributed by atoms with Crippen molar-refractivity contribution in [3.63, 3.8) is 0 Å². The second-order valence-electron chi connectivity index (χ2n) is 7.42. The van der Waals surface area contributed by atoms with E-state index in [4.69, 9.17) is 18.9 Å². The van der Waals surface area contributed by atoms with Crippen LogP contribution in [0.1, 0.15) is 34.6 Å². The molecule has 2 aliphatic rings. The highest BCUT2D eigenvalue weighted by Crippen LogP contribution is 2.37. The predicted molar refractivity (Wildman–Crippen MR) is 104 cm³/mol. The van der Waals surface area contributed by atoms with Crippen LogP contribution in [0.25, 0.3) is 0 Å². The summed E-state index contributed by atoms with van der Waals surface area (Å²) in [6.45, 7) is 3.55. The van der Waals surface area contributed by atoms with Gasteiger partial charge in [-0.05, 0) is 50.3 Å². The number of hydrogen-bond acceptors (Lipinski definition) is 6. The second kappa shape index (κ2) is 7.81. The normalized spacial score (nSPS) is 27.1. The number of ether oxygens (including phenoxy) is 4. The Morgan fingerprint density at radius 2 is 1.10 bits per heavy atom. The zero-order valence-corrected chi connectivity index (χ0v) is 16.2. The SMILES string of the molecule is CC1(C)O[C@@H]2[C@H](O1)[C@@H](OC(=O)c1ccccc1)C=C[C@@H]2OC(=O)c1ccccc1. The lowest BCUT2D eigenvalue weighted by Gasteiger charge is -2.31. The smallest absolute Gasteiger partial charge is 0.338 e. The van der Waals surface area contributed by atoms with Crippen LogP contribution in [0.3, 0.4) is 0 Å². The lowest BCUT2D eigenvalue weighted by atomic mass is 9.96. The minimum atomic E-state index is -0.893. The maximum absolute atomic E-state index is 12.5. The molecule has 29 heavy (non-hydrogen) atoms. The summed E-state index contributed by atoms with van der Waals surface area (Å²) in [5.74, 6) is -1.80. The molecule has 0 radical (unpaired) electrons. The second-order valence-corrected chi connectivity index (χ2v) is 7.42. The lowest BCUT2D eigenvalue weighted by molar-refractivity contribution is -0.156. The fraction of sp³-hybridized carbons (Fsp3) is 0.304. The zero-order valence-electron chi connectivity index (χ0n) is 16.2. The summed E-state index contributed by atoms with van der Waals surface area (Å²) in [7, 11) is 0. The first-order valence-corrected chi connectivity index (χ1v) is 9.49. The van der Waals surface area contributed by atoms with E-state index in [1.165, 1.54) is 0 Å². The number of carbonyl (C=O) groups is 2. The summed E-state index contributed by atoms with van der Waals surface area (Å²) in [5.41, 5.74) is 0.904. The van der Waals surface area contributed by atoms with Gasteiger partial charge in [0, 0.05) is 0 Å². The molecule has 0 bridgehead atoms. The van der Waals surface area contributed by atoms with Crippen LogP contribution < -0.4 is 0 Å². The number of hydrogen-bond donors (Lipinski definition) is 0. The van der Waals surface area contributed by atoms with Gasteiger partial charge in [0.05, 0.1) is 11.1 Å². The standard InChI is InChI=1S/C23H22O6/c1-23(2)28-19-17(26-21(24)15-9-5-3-6-10-15)13-14-18(20(19)29-23)27-22(25)16-11-7-4-8-12-16/h3-14,17-20H,1-2H3/t17-,18-,19-,20+/m0/s1. The van der Waals surface area contributed by atoms with E-state index in [9.17, 15) is 9.59 Å². The summed E-state index contributed by atoms with van der Waals surface area (Å²) < 4.78 is 23.3. The van der Waals surface area contributed by atoms with Crippen LogP contribution in [0, 0.1) is 0 Å². The Bertz CT molecular complexity index is 832. The van der Waals surface area contributed by atoms with Crippen molar-refractivity contribution in [3.8, 4) is 0 Å². The molecule has 2 aromatic rings. The maximum atomic E-state index is 12.5. The van der Waals surface area contributed by atoms with Gasteiger partial charge >= 0.3 is 11.9 Å². The van der Waals surface area contributed by atoms with E-state index in [0.29, 0.717) is 11.1 Å². The summed E-state index contributed by atoms with van der Waals surface area (Å²) in [6.07, 6.45) is 0.903. The van der Waals surface area contributed by atoms with E-state index >= 15 is 0 Å². The number of carbonyl (C=O) groups excluding carboxylic acids is 2. The predicted octanol–water partition coefficient (Wildman–Crippen LogP) is 3.53. The molecule has 1 heterocycles. The van der Waals surface area contributed by atoms with Crippen molar-refractivity contribution < 1.29 is 28.5 Å². The highest BCUT2D eigenvalue weighted by molar-refractivity contribution is 5.90. The molecule has 0 amide bonds. The molecule has 0 saturated carbocycles. The van der Waals surface area contributed by atoms with E-state index in [2.05, 4.69) is 0 Å². The molecular weight excluding hydrogens is 372 g/mol. The van der Waals surface area contributed by atoms with Crippen molar-refractivity contribution in [1.29, 1.82) is 0 Å². The van der Waals surface area contributed by atoms with Crippen molar-refractivity contribution in [2.45, 2.75) is 44.1 Å². The molecule has 150 valence electrons. The molecule has 1 saturated heterocycles. The molecule has 1 aliphatic heterocycles. The van der Waals surface area contributed by atoms with Gasteiger partial charge in [0.1, 0.15) is 24.4 Å². The molecule has 1 aliphatic carbocycles. The van der Waals surface area contributed by atoms with Crippen molar-refractivity contribution in [2.24, 2.45) is 0 Å². The van der Waals surface area contributed by atoms with Crippen LogP contribution in [0.5, 0.6) is 0 Å². The molecule has 0 aromatic heterocycles. The molecule has 0 unspecified atom stereocenters. The average molecular weight is 394 g/mol. The highest BCUT2D eigenvalue weighted by Gasteiger charge is 2.52. The van der Waals surface area contributed by atoms with Gasteiger partial charge in [0.25, 0.3) is 0 Å². The molecule has 1 fully saturated rings. The van der Waals surface area contributed by atoms with Gasteiger partial charge < -0.3 is 18.9 Å². The molecule has 2 aromatic carbocycles. The Labute approximate surface area is 169 Å². The Morgan fingerprint density at radius 1 is 0.724 bits per heavy atom. The van der Waals surface area contributed by atoms with Crippen molar-refractivity contribution >= 4 is 11.9 Å². The van der Waals surface area contributed by atoms with Crippen molar-refractivity contribution in [3.05, 3.63) is 83.9 Å².